The van der Waals surface area contributed by atoms with Gasteiger partial charge in [0.25, 0.3) is 0 Å². The maximum Gasteiger partial charge on any atom is 0.472 e. The molecule has 0 heterocycles. The van der Waals surface area contributed by atoms with Crippen LogP contribution in [0.25, 0.3) is 0 Å². The summed E-state index contributed by atoms with van der Waals surface area (Å²) in [6.45, 7) is 3.36. The van der Waals surface area contributed by atoms with Crippen LogP contribution in [0.3, 0.4) is 0 Å². The van der Waals surface area contributed by atoms with Gasteiger partial charge in [-0.15, -0.1) is 0 Å². The lowest BCUT2D eigenvalue weighted by atomic mass is 10.1. The largest absolute Gasteiger partial charge is 0.472 e. The number of carbonyl (C=O) groups is 2. The molecule has 0 aliphatic rings. The van der Waals surface area contributed by atoms with Gasteiger partial charge in [0.2, 0.25) is 5.91 Å². The molecule has 10 heteroatoms. The first kappa shape index (κ1) is 51.5. The first-order chi connectivity index (χ1) is 26.3. The van der Waals surface area contributed by atoms with Crippen LogP contribution in [0.15, 0.2) is 72.9 Å². The number of aliphatic hydroxyl groups is 1. The molecule has 54 heavy (non-hydrogen) atoms. The van der Waals surface area contributed by atoms with Crippen LogP contribution in [0, 0.1) is 0 Å². The van der Waals surface area contributed by atoms with Crippen molar-refractivity contribution in [1.82, 2.24) is 5.32 Å². The molecule has 0 aromatic heterocycles. The van der Waals surface area contributed by atoms with E-state index in [1.807, 2.05) is 0 Å². The van der Waals surface area contributed by atoms with Gasteiger partial charge in [0, 0.05) is 19.4 Å². The molecule has 0 spiro atoms. The quantitative estimate of drug-likeness (QED) is 0.0244. The Labute approximate surface area is 329 Å². The minimum atomic E-state index is -4.42. The second kappa shape index (κ2) is 40.1. The van der Waals surface area contributed by atoms with Crippen LogP contribution in [-0.2, 0) is 27.9 Å². The molecule has 2 unspecified atom stereocenters. The van der Waals surface area contributed by atoms with E-state index in [2.05, 4.69) is 92.1 Å². The summed E-state index contributed by atoms with van der Waals surface area (Å²) in [5.41, 5.74) is 0. The van der Waals surface area contributed by atoms with Crippen molar-refractivity contribution in [2.24, 2.45) is 0 Å². The lowest BCUT2D eigenvalue weighted by Gasteiger charge is -2.15. The monoisotopic (exact) mass is 778 g/mol. The predicted molar refractivity (Wildman–Crippen MR) is 224 cm³/mol. The Morgan fingerprint density at radius 1 is 0.593 bits per heavy atom. The summed E-state index contributed by atoms with van der Waals surface area (Å²) in [6, 6.07) is 0. The van der Waals surface area contributed by atoms with Gasteiger partial charge in [-0.25, -0.2) is 4.57 Å². The fraction of sp³-hybridized carbons (Fsp3) is 0.682. The first-order valence-corrected chi connectivity index (χ1v) is 22.4. The molecule has 2 atom stereocenters. The van der Waals surface area contributed by atoms with Crippen molar-refractivity contribution < 1.29 is 37.9 Å². The molecule has 0 aliphatic carbocycles. The van der Waals surface area contributed by atoms with Crippen LogP contribution in [-0.4, -0.2) is 54.3 Å². The minimum absolute atomic E-state index is 0.0712. The lowest BCUT2D eigenvalue weighted by molar-refractivity contribution is -0.147. The molecule has 0 bridgehead atoms. The Morgan fingerprint density at radius 2 is 1.06 bits per heavy atom. The second-order valence-electron chi connectivity index (χ2n) is 13.6. The van der Waals surface area contributed by atoms with Crippen molar-refractivity contribution in [2.75, 3.05) is 26.4 Å². The number of phosphoric ester groups is 1. The Bertz CT molecular complexity index is 1110. The van der Waals surface area contributed by atoms with Crippen molar-refractivity contribution in [2.45, 2.75) is 168 Å². The zero-order valence-corrected chi connectivity index (χ0v) is 34.8. The molecule has 0 rings (SSSR count). The summed E-state index contributed by atoms with van der Waals surface area (Å²) in [5.74, 6) is -0.551. The van der Waals surface area contributed by atoms with Crippen molar-refractivity contribution >= 4 is 19.7 Å². The Morgan fingerprint density at radius 3 is 1.61 bits per heavy atom. The Balaban J connectivity index is 3.68. The third-order valence-electron chi connectivity index (χ3n) is 8.37. The van der Waals surface area contributed by atoms with Gasteiger partial charge in [-0.1, -0.05) is 138 Å². The number of aliphatic hydroxyl groups excluding tert-OH is 1. The van der Waals surface area contributed by atoms with E-state index in [9.17, 15) is 24.2 Å². The van der Waals surface area contributed by atoms with Crippen LogP contribution in [0.1, 0.15) is 162 Å². The van der Waals surface area contributed by atoms with Crippen LogP contribution in [0.5, 0.6) is 0 Å². The average Bonchev–Trinajstić information content (AvgIpc) is 3.16. The van der Waals surface area contributed by atoms with Crippen molar-refractivity contribution in [3.05, 3.63) is 72.9 Å². The van der Waals surface area contributed by atoms with Crippen LogP contribution in [0.2, 0.25) is 0 Å². The van der Waals surface area contributed by atoms with E-state index < -0.39 is 26.5 Å². The number of phosphoric acid groups is 1. The minimum Gasteiger partial charge on any atom is -0.463 e. The summed E-state index contributed by atoms with van der Waals surface area (Å²) in [6.07, 6.45) is 48.3. The summed E-state index contributed by atoms with van der Waals surface area (Å²) >= 11 is 0. The molecule has 310 valence electrons. The number of amides is 1. The molecule has 0 aliphatic heterocycles. The van der Waals surface area contributed by atoms with Crippen LogP contribution in [0.4, 0.5) is 0 Å². The van der Waals surface area contributed by atoms with Crippen LogP contribution < -0.4 is 5.32 Å². The molecular formula is C44H76NO8P. The third-order valence-corrected chi connectivity index (χ3v) is 9.35. The van der Waals surface area contributed by atoms with E-state index in [0.29, 0.717) is 12.8 Å². The van der Waals surface area contributed by atoms with E-state index in [0.717, 1.165) is 96.3 Å². The highest BCUT2D eigenvalue weighted by molar-refractivity contribution is 7.47. The number of hydrogen-bond acceptors (Lipinski definition) is 7. The molecule has 0 radical (unpaired) electrons. The number of rotatable bonds is 38. The zero-order valence-electron chi connectivity index (χ0n) is 33.9. The summed E-state index contributed by atoms with van der Waals surface area (Å²) < 4.78 is 26.8. The number of nitrogens with one attached hydrogen (secondary N) is 1. The molecule has 0 saturated heterocycles. The number of ether oxygens (including phenoxy) is 1. The molecule has 0 saturated carbocycles. The van der Waals surface area contributed by atoms with E-state index in [-0.39, 0.29) is 32.1 Å². The van der Waals surface area contributed by atoms with E-state index in [4.69, 9.17) is 13.8 Å². The van der Waals surface area contributed by atoms with E-state index >= 15 is 0 Å². The number of carbonyl (C=O) groups excluding carboxylic acids is 2. The van der Waals surface area contributed by atoms with Gasteiger partial charge < -0.3 is 20.1 Å². The van der Waals surface area contributed by atoms with Crippen molar-refractivity contribution in [1.29, 1.82) is 0 Å². The van der Waals surface area contributed by atoms with Crippen molar-refractivity contribution in [3.8, 4) is 0 Å². The smallest absolute Gasteiger partial charge is 0.463 e. The molecule has 0 fully saturated rings. The second-order valence-corrected chi connectivity index (χ2v) is 15.0. The summed E-state index contributed by atoms with van der Waals surface area (Å²) in [7, 11) is -4.42. The molecule has 3 N–H and O–H groups in total. The standard InChI is InChI=1S/C44H76NO8P/c1-3-5-7-9-11-13-15-17-18-19-20-21-22-23-24-25-27-29-31-33-35-37-44(48)51-40-42(46)41-53-54(49,50)52-39-38-45-43(47)36-34-32-30-28-26-16-14-12-10-8-6-4-2/h5,7,11-14,17-18,20-21,23-24,42,46H,3-4,6,8-10,15-16,19,22,25-41H2,1-2H3,(H,45,47)(H,49,50)/b7-5-,13-11-,14-12-,18-17-,21-20-,24-23-. The van der Waals surface area contributed by atoms with Gasteiger partial charge in [-0.2, -0.15) is 0 Å². The van der Waals surface area contributed by atoms with E-state index in [1.165, 1.54) is 32.1 Å². The number of unbranched alkanes of at least 4 members (excludes halogenated alkanes) is 13. The predicted octanol–water partition coefficient (Wildman–Crippen LogP) is 11.5. The molecule has 0 aromatic rings. The Hall–Kier alpha value is -2.55. The van der Waals surface area contributed by atoms with Gasteiger partial charge in [-0.3, -0.25) is 18.6 Å². The number of allylic oxidation sites excluding steroid dienone is 12. The first-order valence-electron chi connectivity index (χ1n) is 20.9. The number of hydrogen-bond donors (Lipinski definition) is 3. The molecular weight excluding hydrogens is 701 g/mol. The average molecular weight is 778 g/mol. The molecule has 9 nitrogen and oxygen atoms in total. The fourth-order valence-electron chi connectivity index (χ4n) is 5.22. The highest BCUT2D eigenvalue weighted by Crippen LogP contribution is 2.42. The van der Waals surface area contributed by atoms with E-state index in [1.54, 1.807) is 0 Å². The normalized spacial score (nSPS) is 14.1. The van der Waals surface area contributed by atoms with Crippen molar-refractivity contribution in [3.63, 3.8) is 0 Å². The maximum atomic E-state index is 12.1. The summed E-state index contributed by atoms with van der Waals surface area (Å²) in [5, 5.41) is 12.7. The SMILES string of the molecule is CC/C=C\C/C=C\C/C=C\C/C=C\C/C=C\CCCCCCCC(=O)OCC(O)COP(=O)(O)OCCNC(=O)CCCCCCC/C=C\CCCCC. The van der Waals surface area contributed by atoms with Gasteiger partial charge >= 0.3 is 13.8 Å². The zero-order chi connectivity index (χ0) is 39.6. The highest BCUT2D eigenvalue weighted by Gasteiger charge is 2.23. The summed E-state index contributed by atoms with van der Waals surface area (Å²) in [4.78, 5) is 33.8. The topological polar surface area (TPSA) is 131 Å². The lowest BCUT2D eigenvalue weighted by Crippen LogP contribution is -2.27. The van der Waals surface area contributed by atoms with Gasteiger partial charge in [0.1, 0.15) is 12.7 Å². The van der Waals surface area contributed by atoms with Crippen LogP contribution >= 0.6 is 7.82 Å². The third kappa shape index (κ3) is 40.6. The Kier molecular flexibility index (Phi) is 38.2. The fourth-order valence-corrected chi connectivity index (χ4v) is 5.98. The van der Waals surface area contributed by atoms with Gasteiger partial charge in [0.15, 0.2) is 0 Å². The van der Waals surface area contributed by atoms with Gasteiger partial charge in [-0.05, 0) is 83.5 Å². The maximum absolute atomic E-state index is 12.1. The molecule has 0 aromatic carbocycles. The number of esters is 1. The molecule has 1 amide bonds. The van der Waals surface area contributed by atoms with Gasteiger partial charge in [0.05, 0.1) is 13.2 Å². The highest BCUT2D eigenvalue weighted by atomic mass is 31.2.